The van der Waals surface area contributed by atoms with E-state index in [4.69, 9.17) is 11.6 Å². The van der Waals surface area contributed by atoms with E-state index in [1.54, 1.807) is 53.4 Å². The molecule has 0 fully saturated rings. The molecule has 0 saturated carbocycles. The lowest BCUT2D eigenvalue weighted by Gasteiger charge is -2.23. The number of rotatable bonds is 5. The first kappa shape index (κ1) is 23.4. The molecule has 170 valence electrons. The fourth-order valence-electron chi connectivity index (χ4n) is 3.32. The lowest BCUT2D eigenvalue weighted by Crippen LogP contribution is -2.34. The molecular weight excluding hydrogens is 478 g/mol. The van der Waals surface area contributed by atoms with Crippen molar-refractivity contribution in [3.63, 3.8) is 0 Å². The monoisotopic (exact) mass is 499 g/mol. The van der Waals surface area contributed by atoms with Crippen molar-refractivity contribution < 1.29 is 13.2 Å². The van der Waals surface area contributed by atoms with E-state index in [9.17, 15) is 13.2 Å². The number of hydrogen-bond donors (Lipinski definition) is 0. The van der Waals surface area contributed by atoms with Crippen molar-refractivity contribution in [3.8, 4) is 0 Å². The first-order valence-electron chi connectivity index (χ1n) is 10.2. The summed E-state index contributed by atoms with van der Waals surface area (Å²) in [6, 6.07) is 21.9. The van der Waals surface area contributed by atoms with E-state index in [0.29, 0.717) is 27.1 Å². The van der Waals surface area contributed by atoms with Gasteiger partial charge in [-0.15, -0.1) is 0 Å². The van der Waals surface area contributed by atoms with Gasteiger partial charge < -0.3 is 0 Å². The number of para-hydroxylation sites is 1. The molecule has 3 aromatic rings. The zero-order valence-electron chi connectivity index (χ0n) is 18.1. The van der Waals surface area contributed by atoms with Crippen molar-refractivity contribution in [2.75, 3.05) is 22.0 Å². The minimum absolute atomic E-state index is 0.102. The first-order chi connectivity index (χ1) is 15.8. The molecule has 0 unspecified atom stereocenters. The third-order valence-electron chi connectivity index (χ3n) is 5.14. The molecule has 3 aromatic carbocycles. The number of aliphatic imine (C=N–C) groups is 1. The number of benzene rings is 3. The van der Waals surface area contributed by atoms with Crippen LogP contribution in [-0.2, 0) is 10.0 Å². The number of thioether (sulfide) groups is 1. The Morgan fingerprint density at radius 2 is 1.61 bits per heavy atom. The highest BCUT2D eigenvalue weighted by molar-refractivity contribution is 8.14. The molecule has 9 heteroatoms. The van der Waals surface area contributed by atoms with Crippen molar-refractivity contribution in [1.29, 1.82) is 0 Å². The maximum Gasteiger partial charge on any atom is 0.264 e. The smallest absolute Gasteiger partial charge is 0.264 e. The van der Waals surface area contributed by atoms with Crippen LogP contribution in [0.5, 0.6) is 0 Å². The average molecular weight is 500 g/mol. The lowest BCUT2D eigenvalue weighted by molar-refractivity contribution is 0.100. The predicted octanol–water partition coefficient (Wildman–Crippen LogP) is 5.30. The Kier molecular flexibility index (Phi) is 6.78. The predicted molar refractivity (Wildman–Crippen MR) is 136 cm³/mol. The number of halogens is 1. The zero-order chi connectivity index (χ0) is 23.6. The SMILES string of the molecule is C[C@H]1CSC(N(C(=O)c2ccc(S(=O)(=O)N(C)c3ccccc3)cc2)c2ccc(Cl)cc2)=N1. The Bertz CT molecular complexity index is 1280. The molecule has 4 rings (SSSR count). The van der Waals surface area contributed by atoms with Crippen molar-refractivity contribution >= 4 is 55.8 Å². The number of carbonyl (C=O) groups is 1. The Balaban J connectivity index is 1.64. The average Bonchev–Trinajstić information content (AvgIpc) is 3.26. The lowest BCUT2D eigenvalue weighted by atomic mass is 10.2. The maximum atomic E-state index is 13.5. The molecule has 0 bridgehead atoms. The molecule has 1 atom stereocenters. The second kappa shape index (κ2) is 9.59. The summed E-state index contributed by atoms with van der Waals surface area (Å²) < 4.78 is 27.3. The largest absolute Gasteiger partial charge is 0.269 e. The van der Waals surface area contributed by atoms with Crippen molar-refractivity contribution in [3.05, 3.63) is 89.4 Å². The highest BCUT2D eigenvalue weighted by atomic mass is 35.5. The topological polar surface area (TPSA) is 70.1 Å². The summed E-state index contributed by atoms with van der Waals surface area (Å²) >= 11 is 7.54. The van der Waals surface area contributed by atoms with E-state index >= 15 is 0 Å². The minimum atomic E-state index is -3.77. The molecule has 1 aliphatic rings. The number of nitrogens with zero attached hydrogens (tertiary/aromatic N) is 3. The van der Waals surface area contributed by atoms with Crippen LogP contribution < -0.4 is 9.21 Å². The van der Waals surface area contributed by atoms with Crippen LogP contribution in [0.25, 0.3) is 0 Å². The summed E-state index contributed by atoms with van der Waals surface area (Å²) in [5, 5.41) is 1.17. The van der Waals surface area contributed by atoms with Crippen molar-refractivity contribution in [1.82, 2.24) is 0 Å². The van der Waals surface area contributed by atoms with Crippen LogP contribution in [0.3, 0.4) is 0 Å². The number of hydrogen-bond acceptors (Lipinski definition) is 5. The van der Waals surface area contributed by atoms with Crippen LogP contribution in [-0.4, -0.2) is 38.3 Å². The van der Waals surface area contributed by atoms with Gasteiger partial charge in [0.15, 0.2) is 5.17 Å². The van der Waals surface area contributed by atoms with Gasteiger partial charge >= 0.3 is 0 Å². The Morgan fingerprint density at radius 1 is 0.970 bits per heavy atom. The van der Waals surface area contributed by atoms with Crippen molar-refractivity contribution in [2.45, 2.75) is 17.9 Å². The second-order valence-electron chi connectivity index (χ2n) is 7.52. The van der Waals surface area contributed by atoms with E-state index < -0.39 is 10.0 Å². The van der Waals surface area contributed by atoms with Crippen LogP contribution in [0.4, 0.5) is 11.4 Å². The molecule has 0 N–H and O–H groups in total. The van der Waals surface area contributed by atoms with Crippen LogP contribution in [0, 0.1) is 0 Å². The van der Waals surface area contributed by atoms with Crippen LogP contribution >= 0.6 is 23.4 Å². The number of sulfonamides is 1. The summed E-state index contributed by atoms with van der Waals surface area (Å²) in [7, 11) is -2.27. The summed E-state index contributed by atoms with van der Waals surface area (Å²) in [6.07, 6.45) is 0. The van der Waals surface area contributed by atoms with Gasteiger partial charge in [-0.3, -0.25) is 19.0 Å². The highest BCUT2D eigenvalue weighted by Gasteiger charge is 2.28. The molecule has 1 aliphatic heterocycles. The van der Waals surface area contributed by atoms with E-state index in [1.807, 2.05) is 13.0 Å². The quantitative estimate of drug-likeness (QED) is 0.477. The van der Waals surface area contributed by atoms with Gasteiger partial charge in [0, 0.05) is 23.4 Å². The van der Waals surface area contributed by atoms with Gasteiger partial charge in [-0.1, -0.05) is 41.6 Å². The number of amidine groups is 1. The third kappa shape index (κ3) is 4.93. The van der Waals surface area contributed by atoms with E-state index in [1.165, 1.54) is 47.4 Å². The molecule has 0 aliphatic carbocycles. The van der Waals surface area contributed by atoms with E-state index in [0.717, 1.165) is 5.75 Å². The van der Waals surface area contributed by atoms with Gasteiger partial charge in [0.05, 0.1) is 22.3 Å². The molecule has 0 radical (unpaired) electrons. The molecule has 1 amide bonds. The first-order valence-corrected chi connectivity index (χ1v) is 13.0. The van der Waals surface area contributed by atoms with Gasteiger partial charge in [-0.05, 0) is 67.6 Å². The summed E-state index contributed by atoms with van der Waals surface area (Å²) in [5.74, 6) is 0.494. The Labute approximate surface area is 202 Å². The number of anilines is 2. The van der Waals surface area contributed by atoms with E-state index in [2.05, 4.69) is 4.99 Å². The van der Waals surface area contributed by atoms with Crippen LogP contribution in [0.1, 0.15) is 17.3 Å². The highest BCUT2D eigenvalue weighted by Crippen LogP contribution is 2.29. The standard InChI is InChI=1S/C24H22ClN3O3S2/c1-17-16-32-24(26-17)28(21-12-10-19(25)11-13-21)23(29)18-8-14-22(15-9-18)33(30,31)27(2)20-6-4-3-5-7-20/h3-15,17H,16H2,1-2H3/t17-/m0/s1. The van der Waals surface area contributed by atoms with Gasteiger partial charge in [-0.25, -0.2) is 8.42 Å². The van der Waals surface area contributed by atoms with E-state index in [-0.39, 0.29) is 16.8 Å². The Hall–Kier alpha value is -2.81. The minimum Gasteiger partial charge on any atom is -0.269 e. The Morgan fingerprint density at radius 3 is 2.18 bits per heavy atom. The van der Waals surface area contributed by atoms with Gasteiger partial charge in [0.25, 0.3) is 15.9 Å². The summed E-state index contributed by atoms with van der Waals surface area (Å²) in [4.78, 5) is 19.7. The number of amides is 1. The fraction of sp³-hybridized carbons (Fsp3) is 0.167. The summed E-state index contributed by atoms with van der Waals surface area (Å²) in [6.45, 7) is 1.99. The normalized spacial score (nSPS) is 15.7. The molecule has 33 heavy (non-hydrogen) atoms. The third-order valence-corrected chi connectivity index (χ3v) is 8.39. The zero-order valence-corrected chi connectivity index (χ0v) is 20.4. The molecular formula is C24H22ClN3O3S2. The maximum absolute atomic E-state index is 13.5. The van der Waals surface area contributed by atoms with Gasteiger partial charge in [0.1, 0.15) is 0 Å². The molecule has 0 spiro atoms. The summed E-state index contributed by atoms with van der Waals surface area (Å²) in [5.41, 5.74) is 1.55. The van der Waals surface area contributed by atoms with Gasteiger partial charge in [-0.2, -0.15) is 0 Å². The van der Waals surface area contributed by atoms with Crippen LogP contribution in [0.2, 0.25) is 5.02 Å². The molecule has 1 heterocycles. The van der Waals surface area contributed by atoms with Gasteiger partial charge in [0.2, 0.25) is 0 Å². The second-order valence-corrected chi connectivity index (χ2v) is 10.9. The van der Waals surface area contributed by atoms with Crippen LogP contribution in [0.15, 0.2) is 88.8 Å². The fourth-order valence-corrected chi connectivity index (χ4v) is 5.68. The molecule has 6 nitrogen and oxygen atoms in total. The van der Waals surface area contributed by atoms with Crippen molar-refractivity contribution in [2.24, 2.45) is 4.99 Å². The number of carbonyl (C=O) groups excluding carboxylic acids is 1. The molecule has 0 aromatic heterocycles. The molecule has 0 saturated heterocycles.